The van der Waals surface area contributed by atoms with Crippen molar-refractivity contribution in [1.82, 2.24) is 19.9 Å². The van der Waals surface area contributed by atoms with Crippen LogP contribution in [0.5, 0.6) is 5.75 Å². The van der Waals surface area contributed by atoms with E-state index in [1.54, 1.807) is 17.7 Å². The molecule has 7 heteroatoms. The topological polar surface area (TPSA) is 85.6 Å². The standard InChI is InChI=1S/C12H12N4O3/c1-19-9-3-2-8(16-11(9)13-6-14-16)4-7-5-10(17)15-12(7)18/h2-3,6-7H,4-5H2,1H3,(H,15,17,18). The van der Waals surface area contributed by atoms with Gasteiger partial charge in [-0.3, -0.25) is 14.9 Å². The lowest BCUT2D eigenvalue weighted by atomic mass is 10.0. The highest BCUT2D eigenvalue weighted by Crippen LogP contribution is 2.22. The van der Waals surface area contributed by atoms with E-state index in [4.69, 9.17) is 4.74 Å². The molecule has 1 atom stereocenters. The molecule has 1 saturated heterocycles. The van der Waals surface area contributed by atoms with Gasteiger partial charge in [-0.25, -0.2) is 9.50 Å². The predicted octanol–water partition coefficient (Wildman–Crippen LogP) is -0.0569. The lowest BCUT2D eigenvalue weighted by Gasteiger charge is -2.09. The fraction of sp³-hybridized carbons (Fsp3) is 0.333. The van der Waals surface area contributed by atoms with Crippen LogP contribution < -0.4 is 10.1 Å². The molecule has 1 unspecified atom stereocenters. The quantitative estimate of drug-likeness (QED) is 0.781. The summed E-state index contributed by atoms with van der Waals surface area (Å²) in [5.41, 5.74) is 1.42. The summed E-state index contributed by atoms with van der Waals surface area (Å²) in [7, 11) is 1.56. The number of rotatable bonds is 3. The van der Waals surface area contributed by atoms with Gasteiger partial charge in [0.2, 0.25) is 11.8 Å². The monoisotopic (exact) mass is 260 g/mol. The first-order chi connectivity index (χ1) is 9.19. The number of fused-ring (bicyclic) bond motifs is 1. The zero-order valence-corrected chi connectivity index (χ0v) is 10.3. The van der Waals surface area contributed by atoms with Crippen LogP contribution in [0.4, 0.5) is 0 Å². The molecule has 98 valence electrons. The van der Waals surface area contributed by atoms with Gasteiger partial charge in [-0.05, 0) is 12.1 Å². The fourth-order valence-electron chi connectivity index (χ4n) is 2.27. The molecule has 2 aromatic rings. The molecule has 3 rings (SSSR count). The van der Waals surface area contributed by atoms with Crippen molar-refractivity contribution in [3.8, 4) is 5.75 Å². The minimum atomic E-state index is -0.340. The van der Waals surface area contributed by atoms with Gasteiger partial charge in [-0.1, -0.05) is 0 Å². The summed E-state index contributed by atoms with van der Waals surface area (Å²) in [6, 6.07) is 3.62. The first-order valence-electron chi connectivity index (χ1n) is 5.88. The molecule has 1 fully saturated rings. The van der Waals surface area contributed by atoms with Gasteiger partial charge >= 0.3 is 0 Å². The van der Waals surface area contributed by atoms with Crippen molar-refractivity contribution in [3.63, 3.8) is 0 Å². The fourth-order valence-corrected chi connectivity index (χ4v) is 2.27. The average molecular weight is 260 g/mol. The summed E-state index contributed by atoms with van der Waals surface area (Å²) < 4.78 is 6.83. The van der Waals surface area contributed by atoms with Crippen LogP contribution in [0.1, 0.15) is 12.1 Å². The van der Waals surface area contributed by atoms with Crippen molar-refractivity contribution in [3.05, 3.63) is 24.2 Å². The lowest BCUT2D eigenvalue weighted by molar-refractivity contribution is -0.125. The molecule has 3 heterocycles. The predicted molar refractivity (Wildman–Crippen MR) is 64.5 cm³/mol. The number of pyridine rings is 1. The number of nitrogens with zero attached hydrogens (tertiary/aromatic N) is 3. The summed E-state index contributed by atoms with van der Waals surface area (Å²) in [6.45, 7) is 0. The lowest BCUT2D eigenvalue weighted by Crippen LogP contribution is -2.23. The molecule has 0 spiro atoms. The number of hydrogen-bond acceptors (Lipinski definition) is 5. The van der Waals surface area contributed by atoms with Crippen LogP contribution in [0.2, 0.25) is 0 Å². The summed E-state index contributed by atoms with van der Waals surface area (Å²) in [4.78, 5) is 26.9. The summed E-state index contributed by atoms with van der Waals surface area (Å²) in [5.74, 6) is -0.172. The molecule has 0 aliphatic carbocycles. The van der Waals surface area contributed by atoms with E-state index >= 15 is 0 Å². The number of aromatic nitrogens is 3. The van der Waals surface area contributed by atoms with Crippen molar-refractivity contribution in [2.45, 2.75) is 12.8 Å². The number of carbonyl (C=O) groups excluding carboxylic acids is 2. The van der Waals surface area contributed by atoms with Gasteiger partial charge in [0, 0.05) is 18.5 Å². The van der Waals surface area contributed by atoms with Crippen LogP contribution in [0.15, 0.2) is 18.5 Å². The van der Waals surface area contributed by atoms with E-state index in [9.17, 15) is 9.59 Å². The maximum atomic E-state index is 11.6. The van der Waals surface area contributed by atoms with Crippen molar-refractivity contribution < 1.29 is 14.3 Å². The Hall–Kier alpha value is -2.44. The van der Waals surface area contributed by atoms with E-state index in [-0.39, 0.29) is 24.2 Å². The Morgan fingerprint density at radius 3 is 3.00 bits per heavy atom. The molecule has 0 radical (unpaired) electrons. The summed E-state index contributed by atoms with van der Waals surface area (Å²) >= 11 is 0. The normalized spacial score (nSPS) is 18.9. The molecule has 2 aromatic heterocycles. The van der Waals surface area contributed by atoms with Gasteiger partial charge in [0.1, 0.15) is 6.33 Å². The van der Waals surface area contributed by atoms with E-state index in [0.29, 0.717) is 17.8 Å². The number of hydrogen-bond donors (Lipinski definition) is 1. The molecule has 1 N–H and O–H groups in total. The van der Waals surface area contributed by atoms with Crippen LogP contribution in [-0.4, -0.2) is 33.5 Å². The van der Waals surface area contributed by atoms with Gasteiger partial charge in [-0.15, -0.1) is 0 Å². The van der Waals surface area contributed by atoms with Gasteiger partial charge in [0.15, 0.2) is 11.4 Å². The highest BCUT2D eigenvalue weighted by Gasteiger charge is 2.31. The molecular weight excluding hydrogens is 248 g/mol. The Morgan fingerprint density at radius 1 is 1.47 bits per heavy atom. The van der Waals surface area contributed by atoms with Gasteiger partial charge in [0.25, 0.3) is 0 Å². The van der Waals surface area contributed by atoms with Crippen LogP contribution >= 0.6 is 0 Å². The summed E-state index contributed by atoms with van der Waals surface area (Å²) in [5, 5.41) is 6.43. The van der Waals surface area contributed by atoms with Gasteiger partial charge in [0.05, 0.1) is 13.0 Å². The van der Waals surface area contributed by atoms with E-state index < -0.39 is 0 Å². The molecular formula is C12H12N4O3. The smallest absolute Gasteiger partial charge is 0.230 e. The Morgan fingerprint density at radius 2 is 2.32 bits per heavy atom. The number of amides is 2. The van der Waals surface area contributed by atoms with Gasteiger partial charge in [-0.2, -0.15) is 5.10 Å². The second kappa shape index (κ2) is 4.34. The van der Waals surface area contributed by atoms with E-state index in [0.717, 1.165) is 5.69 Å². The SMILES string of the molecule is COc1ccc(CC2CC(=O)NC2=O)n2ncnc12. The average Bonchev–Trinajstić information content (AvgIpc) is 2.97. The van der Waals surface area contributed by atoms with Crippen molar-refractivity contribution in [1.29, 1.82) is 0 Å². The third-order valence-corrected chi connectivity index (χ3v) is 3.21. The van der Waals surface area contributed by atoms with Crippen LogP contribution in [-0.2, 0) is 16.0 Å². The molecule has 1 aliphatic rings. The maximum absolute atomic E-state index is 11.6. The highest BCUT2D eigenvalue weighted by molar-refractivity contribution is 6.03. The Balaban J connectivity index is 1.95. The second-order valence-electron chi connectivity index (χ2n) is 4.41. The molecule has 0 saturated carbocycles. The number of nitrogens with one attached hydrogen (secondary N) is 1. The Kier molecular flexibility index (Phi) is 2.66. The molecule has 0 bridgehead atoms. The Labute approximate surface area is 108 Å². The molecule has 2 amide bonds. The van der Waals surface area contributed by atoms with Crippen molar-refractivity contribution in [2.24, 2.45) is 5.92 Å². The van der Waals surface area contributed by atoms with Crippen LogP contribution in [0, 0.1) is 5.92 Å². The zero-order valence-electron chi connectivity index (χ0n) is 10.3. The first kappa shape index (κ1) is 11.6. The zero-order chi connectivity index (χ0) is 13.4. The molecule has 7 nitrogen and oxygen atoms in total. The van der Waals surface area contributed by atoms with Gasteiger partial charge < -0.3 is 4.74 Å². The van der Waals surface area contributed by atoms with Crippen LogP contribution in [0.3, 0.4) is 0 Å². The molecule has 1 aliphatic heterocycles. The summed E-state index contributed by atoms with van der Waals surface area (Å²) in [6.07, 6.45) is 2.10. The minimum Gasteiger partial charge on any atom is -0.493 e. The van der Waals surface area contributed by atoms with E-state index in [1.165, 1.54) is 6.33 Å². The molecule has 0 aromatic carbocycles. The highest BCUT2D eigenvalue weighted by atomic mass is 16.5. The Bertz CT molecular complexity index is 664. The number of methoxy groups -OCH3 is 1. The van der Waals surface area contributed by atoms with E-state index in [2.05, 4.69) is 15.4 Å². The van der Waals surface area contributed by atoms with Crippen LogP contribution in [0.25, 0.3) is 5.65 Å². The van der Waals surface area contributed by atoms with Crippen molar-refractivity contribution in [2.75, 3.05) is 7.11 Å². The number of imide groups is 1. The minimum absolute atomic E-state index is 0.223. The van der Waals surface area contributed by atoms with Crippen molar-refractivity contribution >= 4 is 17.5 Å². The number of carbonyl (C=O) groups is 2. The third-order valence-electron chi connectivity index (χ3n) is 3.21. The first-order valence-corrected chi connectivity index (χ1v) is 5.88. The number of ether oxygens (including phenoxy) is 1. The third kappa shape index (κ3) is 1.92. The second-order valence-corrected chi connectivity index (χ2v) is 4.41. The molecule has 19 heavy (non-hydrogen) atoms. The van der Waals surface area contributed by atoms with E-state index in [1.807, 2.05) is 6.07 Å². The largest absolute Gasteiger partial charge is 0.493 e. The maximum Gasteiger partial charge on any atom is 0.230 e.